The second kappa shape index (κ2) is 8.31. The Bertz CT molecular complexity index is 641. The van der Waals surface area contributed by atoms with E-state index in [-0.39, 0.29) is 29.9 Å². The molecule has 23 heavy (non-hydrogen) atoms. The fraction of sp³-hybridized carbons (Fsp3) is 0.562. The lowest BCUT2D eigenvalue weighted by Crippen LogP contribution is -2.42. The van der Waals surface area contributed by atoms with E-state index in [9.17, 15) is 13.2 Å². The third-order valence-corrected chi connectivity index (χ3v) is 5.12. The summed E-state index contributed by atoms with van der Waals surface area (Å²) < 4.78 is 32.0. The van der Waals surface area contributed by atoms with Crippen LogP contribution < -0.4 is 10.1 Å². The number of aryl methyl sites for hydroxylation is 1. The van der Waals surface area contributed by atoms with Gasteiger partial charge in [0.25, 0.3) is 0 Å². The molecule has 6 nitrogen and oxygen atoms in total. The molecular formula is C16H26N2O4S. The quantitative estimate of drug-likeness (QED) is 0.783. The molecule has 1 rings (SSSR count). The van der Waals surface area contributed by atoms with Gasteiger partial charge in [0.2, 0.25) is 15.9 Å². The van der Waals surface area contributed by atoms with Gasteiger partial charge in [0, 0.05) is 12.6 Å². The summed E-state index contributed by atoms with van der Waals surface area (Å²) in [5, 5.41) is 2.70. The van der Waals surface area contributed by atoms with Crippen LogP contribution in [0.4, 0.5) is 0 Å². The number of ether oxygens (including phenoxy) is 1. The number of carbonyl (C=O) groups excluding carboxylic acids is 1. The Morgan fingerprint density at radius 2 is 1.96 bits per heavy atom. The van der Waals surface area contributed by atoms with Gasteiger partial charge in [0.1, 0.15) is 5.75 Å². The van der Waals surface area contributed by atoms with Crippen LogP contribution in [0.25, 0.3) is 0 Å². The maximum absolute atomic E-state index is 12.7. The van der Waals surface area contributed by atoms with E-state index < -0.39 is 10.0 Å². The number of nitrogens with one attached hydrogen (secondary N) is 1. The van der Waals surface area contributed by atoms with Crippen molar-refractivity contribution in [3.8, 4) is 5.75 Å². The van der Waals surface area contributed by atoms with Crippen molar-refractivity contribution in [1.82, 2.24) is 9.62 Å². The molecule has 0 aliphatic heterocycles. The summed E-state index contributed by atoms with van der Waals surface area (Å²) in [6, 6.07) is 4.70. The van der Waals surface area contributed by atoms with E-state index in [2.05, 4.69) is 5.32 Å². The number of rotatable bonds is 8. The van der Waals surface area contributed by atoms with Crippen LogP contribution in [0.5, 0.6) is 5.75 Å². The average molecular weight is 342 g/mol. The molecule has 1 N–H and O–H groups in total. The monoisotopic (exact) mass is 342 g/mol. The van der Waals surface area contributed by atoms with E-state index >= 15 is 0 Å². The zero-order chi connectivity index (χ0) is 17.6. The molecular weight excluding hydrogens is 316 g/mol. The number of benzene rings is 1. The average Bonchev–Trinajstić information content (AvgIpc) is 2.46. The molecule has 1 aromatic rings. The number of hydrogen-bond acceptors (Lipinski definition) is 4. The molecule has 0 aromatic heterocycles. The Hall–Kier alpha value is -1.60. The summed E-state index contributed by atoms with van der Waals surface area (Å²) in [6.45, 7) is 9.59. The van der Waals surface area contributed by atoms with Crippen LogP contribution >= 0.6 is 0 Å². The Kier molecular flexibility index (Phi) is 7.02. The number of hydrogen-bond donors (Lipinski definition) is 1. The number of nitrogens with zero attached hydrogens (tertiary/aromatic N) is 1. The molecule has 1 aromatic carbocycles. The molecule has 0 aliphatic carbocycles. The number of likely N-dealkylation sites (N-methyl/N-ethyl adjacent to an activating group) is 1. The molecule has 0 bridgehead atoms. The summed E-state index contributed by atoms with van der Waals surface area (Å²) in [6.07, 6.45) is 0. The molecule has 0 radical (unpaired) electrons. The molecule has 0 unspecified atom stereocenters. The first-order chi connectivity index (χ1) is 10.7. The maximum atomic E-state index is 12.7. The lowest BCUT2D eigenvalue weighted by Gasteiger charge is -2.21. The Labute approximate surface area is 138 Å². The minimum absolute atomic E-state index is 0.0309. The molecule has 7 heteroatoms. The van der Waals surface area contributed by atoms with Crippen LogP contribution in [0.2, 0.25) is 0 Å². The Balaban J connectivity index is 3.03. The highest BCUT2D eigenvalue weighted by Crippen LogP contribution is 2.24. The van der Waals surface area contributed by atoms with Gasteiger partial charge >= 0.3 is 0 Å². The van der Waals surface area contributed by atoms with Crippen molar-refractivity contribution in [2.45, 2.75) is 45.6 Å². The van der Waals surface area contributed by atoms with Crippen LogP contribution in [0, 0.1) is 6.92 Å². The van der Waals surface area contributed by atoms with E-state index in [0.717, 1.165) is 5.56 Å². The SMILES string of the molecule is CCOc1ccc(S(=O)(=O)N(CC)CC(=O)NC(C)C)cc1C. The normalized spacial score (nSPS) is 11.8. The summed E-state index contributed by atoms with van der Waals surface area (Å²) in [4.78, 5) is 12.0. The zero-order valence-electron chi connectivity index (χ0n) is 14.4. The maximum Gasteiger partial charge on any atom is 0.243 e. The van der Waals surface area contributed by atoms with Gasteiger partial charge < -0.3 is 10.1 Å². The third kappa shape index (κ3) is 5.21. The van der Waals surface area contributed by atoms with Gasteiger partial charge in [-0.2, -0.15) is 4.31 Å². The van der Waals surface area contributed by atoms with Crippen LogP contribution in [0.15, 0.2) is 23.1 Å². The number of sulfonamides is 1. The smallest absolute Gasteiger partial charge is 0.243 e. The van der Waals surface area contributed by atoms with Gasteiger partial charge in [-0.25, -0.2) is 8.42 Å². The molecule has 0 atom stereocenters. The summed E-state index contributed by atoms with van der Waals surface area (Å²) in [5.74, 6) is 0.347. The van der Waals surface area contributed by atoms with Crippen LogP contribution in [0.3, 0.4) is 0 Å². The Morgan fingerprint density at radius 3 is 2.43 bits per heavy atom. The van der Waals surface area contributed by atoms with Crippen LogP contribution in [0.1, 0.15) is 33.3 Å². The molecule has 0 fully saturated rings. The van der Waals surface area contributed by atoms with Crippen LogP contribution in [-0.4, -0.2) is 44.4 Å². The highest BCUT2D eigenvalue weighted by Gasteiger charge is 2.26. The van der Waals surface area contributed by atoms with E-state index in [1.807, 2.05) is 20.8 Å². The fourth-order valence-electron chi connectivity index (χ4n) is 2.14. The highest BCUT2D eigenvalue weighted by atomic mass is 32.2. The van der Waals surface area contributed by atoms with Crippen molar-refractivity contribution in [1.29, 1.82) is 0 Å². The molecule has 1 amide bonds. The van der Waals surface area contributed by atoms with Crippen molar-refractivity contribution in [3.63, 3.8) is 0 Å². The predicted molar refractivity (Wildman–Crippen MR) is 90.1 cm³/mol. The lowest BCUT2D eigenvalue weighted by molar-refractivity contribution is -0.121. The fourth-order valence-corrected chi connectivity index (χ4v) is 3.63. The van der Waals surface area contributed by atoms with Crippen LogP contribution in [-0.2, 0) is 14.8 Å². The first kappa shape index (κ1) is 19.4. The molecule has 0 spiro atoms. The van der Waals surface area contributed by atoms with Crippen molar-refractivity contribution < 1.29 is 17.9 Å². The van der Waals surface area contributed by atoms with Gasteiger partial charge in [0.05, 0.1) is 18.0 Å². The molecule has 0 saturated heterocycles. The number of amides is 1. The van der Waals surface area contributed by atoms with Crippen molar-refractivity contribution in [3.05, 3.63) is 23.8 Å². The topological polar surface area (TPSA) is 75.7 Å². The lowest BCUT2D eigenvalue weighted by atomic mass is 10.2. The van der Waals surface area contributed by atoms with Crippen molar-refractivity contribution >= 4 is 15.9 Å². The molecule has 130 valence electrons. The van der Waals surface area contributed by atoms with Gasteiger partial charge in [-0.15, -0.1) is 0 Å². The van der Waals surface area contributed by atoms with Crippen molar-refractivity contribution in [2.75, 3.05) is 19.7 Å². The summed E-state index contributed by atoms with van der Waals surface area (Å²) in [5.41, 5.74) is 0.746. The van der Waals surface area contributed by atoms with E-state index in [1.165, 1.54) is 10.4 Å². The summed E-state index contributed by atoms with van der Waals surface area (Å²) >= 11 is 0. The van der Waals surface area contributed by atoms with Gasteiger partial charge in [0.15, 0.2) is 0 Å². The first-order valence-electron chi connectivity index (χ1n) is 7.75. The third-order valence-electron chi connectivity index (χ3n) is 3.21. The van der Waals surface area contributed by atoms with Gasteiger partial charge in [-0.3, -0.25) is 4.79 Å². The minimum atomic E-state index is -3.72. The first-order valence-corrected chi connectivity index (χ1v) is 9.19. The standard InChI is InChI=1S/C16H26N2O4S/c1-6-18(11-16(19)17-12(3)4)23(20,21)14-8-9-15(22-7-2)13(5)10-14/h8-10,12H,6-7,11H2,1-5H3,(H,17,19). The Morgan fingerprint density at radius 1 is 1.30 bits per heavy atom. The van der Waals surface area contributed by atoms with E-state index in [1.54, 1.807) is 26.0 Å². The molecule has 0 heterocycles. The summed E-state index contributed by atoms with van der Waals surface area (Å²) in [7, 11) is -3.72. The molecule has 0 aliphatic rings. The number of carbonyl (C=O) groups is 1. The second-order valence-electron chi connectivity index (χ2n) is 5.51. The highest BCUT2D eigenvalue weighted by molar-refractivity contribution is 7.89. The minimum Gasteiger partial charge on any atom is -0.494 e. The van der Waals surface area contributed by atoms with Gasteiger partial charge in [-0.05, 0) is 51.5 Å². The van der Waals surface area contributed by atoms with E-state index in [0.29, 0.717) is 12.4 Å². The zero-order valence-corrected chi connectivity index (χ0v) is 15.2. The predicted octanol–water partition coefficient (Wildman–Crippen LogP) is 1.93. The largest absolute Gasteiger partial charge is 0.494 e. The van der Waals surface area contributed by atoms with E-state index in [4.69, 9.17) is 4.74 Å². The molecule has 0 saturated carbocycles. The second-order valence-corrected chi connectivity index (χ2v) is 7.45. The van der Waals surface area contributed by atoms with Gasteiger partial charge in [-0.1, -0.05) is 6.92 Å². The van der Waals surface area contributed by atoms with Crippen molar-refractivity contribution in [2.24, 2.45) is 0 Å².